The maximum absolute atomic E-state index is 12.2. The standard InChI is InChI=1S/C14H17N3O2S/c1-8-15-10(7-20-8)6-11-16-13(18)12(14(19)17-11)9-4-2-3-5-9/h7,9H,2-6H2,1H3,(H2,16,17,18,19). The van der Waals surface area contributed by atoms with Crippen molar-refractivity contribution in [2.45, 2.75) is 44.9 Å². The first-order valence-corrected chi connectivity index (χ1v) is 7.74. The minimum absolute atomic E-state index is 0.109. The number of aromatic amines is 1. The second kappa shape index (κ2) is 5.36. The van der Waals surface area contributed by atoms with Crippen LogP contribution in [-0.2, 0) is 6.42 Å². The predicted octanol–water partition coefficient (Wildman–Crippen LogP) is 2.49. The predicted molar refractivity (Wildman–Crippen MR) is 77.4 cm³/mol. The Kier molecular flexibility index (Phi) is 3.56. The van der Waals surface area contributed by atoms with E-state index in [0.717, 1.165) is 36.4 Å². The number of rotatable bonds is 3. The number of nitrogens with zero attached hydrogens (tertiary/aromatic N) is 2. The molecular formula is C14H17N3O2S. The van der Waals surface area contributed by atoms with E-state index in [1.165, 1.54) is 0 Å². The molecule has 1 saturated carbocycles. The first-order valence-electron chi connectivity index (χ1n) is 6.86. The first-order chi connectivity index (χ1) is 9.63. The van der Waals surface area contributed by atoms with Crippen LogP contribution in [-0.4, -0.2) is 20.1 Å². The number of hydrogen-bond acceptors (Lipinski definition) is 5. The van der Waals surface area contributed by atoms with Crippen LogP contribution in [0.5, 0.6) is 5.88 Å². The van der Waals surface area contributed by atoms with Crippen molar-refractivity contribution in [1.82, 2.24) is 15.0 Å². The van der Waals surface area contributed by atoms with Gasteiger partial charge in [-0.2, -0.15) is 4.98 Å². The van der Waals surface area contributed by atoms with E-state index in [0.29, 0.717) is 17.8 Å². The Labute approximate surface area is 120 Å². The molecule has 0 aromatic carbocycles. The summed E-state index contributed by atoms with van der Waals surface area (Å²) in [7, 11) is 0. The summed E-state index contributed by atoms with van der Waals surface area (Å²) >= 11 is 1.56. The molecule has 3 rings (SSSR count). The number of nitrogens with one attached hydrogen (secondary N) is 1. The lowest BCUT2D eigenvalue weighted by Gasteiger charge is -2.10. The fourth-order valence-corrected chi connectivity index (χ4v) is 3.46. The molecule has 0 unspecified atom stereocenters. The van der Waals surface area contributed by atoms with Crippen molar-refractivity contribution in [1.29, 1.82) is 0 Å². The van der Waals surface area contributed by atoms with Crippen LogP contribution >= 0.6 is 11.3 Å². The summed E-state index contributed by atoms with van der Waals surface area (Å²) < 4.78 is 0. The largest absolute Gasteiger partial charge is 0.493 e. The van der Waals surface area contributed by atoms with E-state index in [4.69, 9.17) is 0 Å². The molecule has 2 aromatic rings. The molecule has 0 atom stereocenters. The Morgan fingerprint density at radius 1 is 1.40 bits per heavy atom. The fraction of sp³-hybridized carbons (Fsp3) is 0.500. The van der Waals surface area contributed by atoms with Crippen LogP contribution in [0.2, 0.25) is 0 Å². The number of hydrogen-bond donors (Lipinski definition) is 2. The Bertz CT molecular complexity index is 671. The molecule has 0 spiro atoms. The van der Waals surface area contributed by atoms with Gasteiger partial charge in [-0.15, -0.1) is 11.3 Å². The van der Waals surface area contributed by atoms with Crippen LogP contribution in [0.1, 0.15) is 53.7 Å². The zero-order valence-corrected chi connectivity index (χ0v) is 12.2. The maximum atomic E-state index is 12.2. The quantitative estimate of drug-likeness (QED) is 0.910. The Morgan fingerprint density at radius 2 is 2.15 bits per heavy atom. The van der Waals surface area contributed by atoms with E-state index in [9.17, 15) is 9.90 Å². The van der Waals surface area contributed by atoms with Gasteiger partial charge >= 0.3 is 0 Å². The number of aromatic nitrogens is 3. The molecule has 6 heteroatoms. The zero-order valence-electron chi connectivity index (χ0n) is 11.3. The highest BCUT2D eigenvalue weighted by Crippen LogP contribution is 2.35. The summed E-state index contributed by atoms with van der Waals surface area (Å²) in [5.74, 6) is 0.518. The Hall–Kier alpha value is -1.69. The van der Waals surface area contributed by atoms with Crippen LogP contribution in [0.25, 0.3) is 0 Å². The molecular weight excluding hydrogens is 274 g/mol. The second-order valence-electron chi connectivity index (χ2n) is 5.27. The van der Waals surface area contributed by atoms with Crippen molar-refractivity contribution in [2.75, 3.05) is 0 Å². The van der Waals surface area contributed by atoms with Crippen molar-refractivity contribution in [2.24, 2.45) is 0 Å². The third-order valence-corrected chi connectivity index (χ3v) is 4.59. The normalized spacial score (nSPS) is 15.8. The van der Waals surface area contributed by atoms with Crippen molar-refractivity contribution in [3.05, 3.63) is 37.8 Å². The van der Waals surface area contributed by atoms with Gasteiger partial charge in [-0.3, -0.25) is 4.79 Å². The summed E-state index contributed by atoms with van der Waals surface area (Å²) in [6.45, 7) is 1.94. The Morgan fingerprint density at radius 3 is 2.75 bits per heavy atom. The molecule has 0 amide bonds. The third kappa shape index (κ3) is 2.60. The molecule has 0 radical (unpaired) electrons. The number of aromatic hydroxyl groups is 1. The van der Waals surface area contributed by atoms with E-state index in [1.54, 1.807) is 11.3 Å². The summed E-state index contributed by atoms with van der Waals surface area (Å²) in [6.07, 6.45) is 4.59. The van der Waals surface area contributed by atoms with Crippen LogP contribution in [0.15, 0.2) is 10.2 Å². The lowest BCUT2D eigenvalue weighted by Crippen LogP contribution is -2.19. The van der Waals surface area contributed by atoms with E-state index in [1.807, 2.05) is 12.3 Å². The topological polar surface area (TPSA) is 78.9 Å². The van der Waals surface area contributed by atoms with Crippen LogP contribution < -0.4 is 5.56 Å². The number of H-pyrrole nitrogens is 1. The molecule has 2 heterocycles. The fourth-order valence-electron chi connectivity index (χ4n) is 2.84. The monoisotopic (exact) mass is 291 g/mol. The lowest BCUT2D eigenvalue weighted by atomic mass is 10.00. The van der Waals surface area contributed by atoms with Gasteiger partial charge in [0.25, 0.3) is 5.56 Å². The average Bonchev–Trinajstić information content (AvgIpc) is 3.01. The van der Waals surface area contributed by atoms with Gasteiger partial charge < -0.3 is 10.1 Å². The molecule has 1 fully saturated rings. The van der Waals surface area contributed by atoms with Crippen molar-refractivity contribution in [3.63, 3.8) is 0 Å². The number of aryl methyl sites for hydroxylation is 1. The number of thiazole rings is 1. The average molecular weight is 291 g/mol. The minimum atomic E-state index is -0.202. The third-order valence-electron chi connectivity index (χ3n) is 3.76. The van der Waals surface area contributed by atoms with Gasteiger partial charge in [-0.25, -0.2) is 4.98 Å². The first kappa shape index (κ1) is 13.3. The zero-order chi connectivity index (χ0) is 14.1. The van der Waals surface area contributed by atoms with Crippen LogP contribution in [0.4, 0.5) is 0 Å². The van der Waals surface area contributed by atoms with Crippen molar-refractivity contribution in [3.8, 4) is 5.88 Å². The summed E-state index contributed by atoms with van der Waals surface area (Å²) in [5, 5.41) is 13.0. The van der Waals surface area contributed by atoms with Gasteiger partial charge in [0.15, 0.2) is 0 Å². The molecule has 106 valence electrons. The summed E-state index contributed by atoms with van der Waals surface area (Å²) in [4.78, 5) is 23.4. The SMILES string of the molecule is Cc1nc(Cc2nc(O)c(C3CCCC3)c(=O)[nH]2)cs1. The van der Waals surface area contributed by atoms with Crippen LogP contribution in [0, 0.1) is 6.92 Å². The molecule has 2 N–H and O–H groups in total. The van der Waals surface area contributed by atoms with Gasteiger partial charge in [-0.1, -0.05) is 12.8 Å². The van der Waals surface area contributed by atoms with E-state index in [2.05, 4.69) is 15.0 Å². The van der Waals surface area contributed by atoms with Crippen molar-refractivity contribution >= 4 is 11.3 Å². The smallest absolute Gasteiger partial charge is 0.258 e. The molecule has 5 nitrogen and oxygen atoms in total. The molecule has 0 saturated heterocycles. The lowest BCUT2D eigenvalue weighted by molar-refractivity contribution is 0.432. The maximum Gasteiger partial charge on any atom is 0.258 e. The highest BCUT2D eigenvalue weighted by molar-refractivity contribution is 7.09. The Balaban J connectivity index is 1.89. The van der Waals surface area contributed by atoms with Gasteiger partial charge in [0.1, 0.15) is 5.82 Å². The highest BCUT2D eigenvalue weighted by atomic mass is 32.1. The van der Waals surface area contributed by atoms with E-state index >= 15 is 0 Å². The molecule has 0 bridgehead atoms. The highest BCUT2D eigenvalue weighted by Gasteiger charge is 2.24. The minimum Gasteiger partial charge on any atom is -0.493 e. The molecule has 20 heavy (non-hydrogen) atoms. The van der Waals surface area contributed by atoms with E-state index in [-0.39, 0.29) is 17.4 Å². The molecule has 1 aliphatic carbocycles. The van der Waals surface area contributed by atoms with Crippen LogP contribution in [0.3, 0.4) is 0 Å². The van der Waals surface area contributed by atoms with Gasteiger partial charge in [0.05, 0.1) is 16.3 Å². The van der Waals surface area contributed by atoms with Gasteiger partial charge in [0.2, 0.25) is 5.88 Å². The van der Waals surface area contributed by atoms with E-state index < -0.39 is 0 Å². The summed E-state index contributed by atoms with van der Waals surface area (Å²) in [6, 6.07) is 0. The molecule has 0 aliphatic heterocycles. The van der Waals surface area contributed by atoms with Gasteiger partial charge in [0, 0.05) is 11.8 Å². The molecule has 2 aromatic heterocycles. The second-order valence-corrected chi connectivity index (χ2v) is 6.33. The summed E-state index contributed by atoms with van der Waals surface area (Å²) in [5.41, 5.74) is 1.12. The van der Waals surface area contributed by atoms with Gasteiger partial charge in [-0.05, 0) is 25.7 Å². The molecule has 1 aliphatic rings. The van der Waals surface area contributed by atoms with Crippen molar-refractivity contribution < 1.29 is 5.11 Å².